The molecule has 1 heterocycles. The van der Waals surface area contributed by atoms with Crippen LogP contribution < -0.4 is 5.32 Å². The number of hydrogen-bond acceptors (Lipinski definition) is 3. The number of ether oxygens (including phenoxy) is 1. The first kappa shape index (κ1) is 13.0. The highest BCUT2D eigenvalue weighted by Gasteiger charge is 2.04. The molecule has 0 spiro atoms. The first-order chi connectivity index (χ1) is 8.81. The quantitative estimate of drug-likeness (QED) is 0.848. The van der Waals surface area contributed by atoms with E-state index < -0.39 is 0 Å². The number of methoxy groups -OCH3 is 1. The number of benzene rings is 1. The predicted molar refractivity (Wildman–Crippen MR) is 74.5 cm³/mol. The molecule has 0 fully saturated rings. The van der Waals surface area contributed by atoms with Crippen LogP contribution in [0, 0.1) is 0 Å². The second-order valence-corrected chi connectivity index (χ2v) is 4.56. The van der Waals surface area contributed by atoms with Gasteiger partial charge in [-0.3, -0.25) is 4.98 Å². The van der Waals surface area contributed by atoms with E-state index >= 15 is 0 Å². The number of rotatable bonds is 6. The van der Waals surface area contributed by atoms with E-state index in [0.717, 1.165) is 25.1 Å². The Kier molecular flexibility index (Phi) is 4.67. The molecular formula is C15H20N2O. The van der Waals surface area contributed by atoms with E-state index in [1.165, 1.54) is 10.9 Å². The van der Waals surface area contributed by atoms with Crippen LogP contribution in [0.15, 0.2) is 36.5 Å². The van der Waals surface area contributed by atoms with Crippen molar-refractivity contribution >= 4 is 10.9 Å². The summed E-state index contributed by atoms with van der Waals surface area (Å²) in [6, 6.07) is 10.8. The number of aromatic nitrogens is 1. The highest BCUT2D eigenvalue weighted by molar-refractivity contribution is 5.81. The Morgan fingerprint density at radius 2 is 2.11 bits per heavy atom. The minimum atomic E-state index is 0.448. The monoisotopic (exact) mass is 244 g/mol. The number of nitrogens with one attached hydrogen (secondary N) is 1. The summed E-state index contributed by atoms with van der Waals surface area (Å²) in [7, 11) is 1.74. The minimum Gasteiger partial charge on any atom is -0.385 e. The molecule has 3 heteroatoms. The summed E-state index contributed by atoms with van der Waals surface area (Å²) in [6.07, 6.45) is 2.87. The molecule has 0 bridgehead atoms. The number of nitrogens with zero attached hydrogens (tertiary/aromatic N) is 1. The van der Waals surface area contributed by atoms with Crippen molar-refractivity contribution < 1.29 is 4.74 Å². The van der Waals surface area contributed by atoms with Crippen molar-refractivity contribution in [2.75, 3.05) is 13.7 Å². The Morgan fingerprint density at radius 1 is 1.28 bits per heavy atom. The lowest BCUT2D eigenvalue weighted by atomic mass is 10.1. The van der Waals surface area contributed by atoms with Gasteiger partial charge in [0.2, 0.25) is 0 Å². The Labute approximate surface area is 108 Å². The van der Waals surface area contributed by atoms with Gasteiger partial charge in [-0.2, -0.15) is 0 Å². The molecule has 0 aliphatic rings. The molecule has 0 saturated heterocycles. The van der Waals surface area contributed by atoms with Gasteiger partial charge in [0.25, 0.3) is 0 Å². The first-order valence-electron chi connectivity index (χ1n) is 6.36. The first-order valence-corrected chi connectivity index (χ1v) is 6.36. The molecule has 1 atom stereocenters. The van der Waals surface area contributed by atoms with E-state index in [-0.39, 0.29) is 0 Å². The van der Waals surface area contributed by atoms with Crippen molar-refractivity contribution in [3.05, 3.63) is 42.1 Å². The van der Waals surface area contributed by atoms with Crippen LogP contribution in [-0.4, -0.2) is 24.7 Å². The van der Waals surface area contributed by atoms with Gasteiger partial charge in [-0.15, -0.1) is 0 Å². The van der Waals surface area contributed by atoms with E-state index in [1.54, 1.807) is 7.11 Å². The molecule has 1 aromatic carbocycles. The number of fused-ring (bicyclic) bond motifs is 1. The number of para-hydroxylation sites is 1. The van der Waals surface area contributed by atoms with Crippen LogP contribution in [-0.2, 0) is 11.3 Å². The maximum Gasteiger partial charge on any atom is 0.0746 e. The molecule has 3 nitrogen and oxygen atoms in total. The summed E-state index contributed by atoms with van der Waals surface area (Å²) in [6.45, 7) is 3.82. The average Bonchev–Trinajstić information content (AvgIpc) is 2.42. The van der Waals surface area contributed by atoms with Gasteiger partial charge in [-0.1, -0.05) is 24.3 Å². The number of hydrogen-bond donors (Lipinski definition) is 1. The highest BCUT2D eigenvalue weighted by atomic mass is 16.5. The third-order valence-electron chi connectivity index (χ3n) is 3.11. The van der Waals surface area contributed by atoms with Crippen LogP contribution in [0.25, 0.3) is 10.9 Å². The minimum absolute atomic E-state index is 0.448. The van der Waals surface area contributed by atoms with Crippen LogP contribution in [0.3, 0.4) is 0 Å². The van der Waals surface area contributed by atoms with Crippen LogP contribution >= 0.6 is 0 Å². The fourth-order valence-electron chi connectivity index (χ4n) is 1.99. The summed E-state index contributed by atoms with van der Waals surface area (Å²) in [5.41, 5.74) is 2.34. The lowest BCUT2D eigenvalue weighted by Gasteiger charge is -2.14. The van der Waals surface area contributed by atoms with Crippen molar-refractivity contribution in [3.8, 4) is 0 Å². The molecule has 2 rings (SSSR count). The topological polar surface area (TPSA) is 34.1 Å². The largest absolute Gasteiger partial charge is 0.385 e. The molecule has 1 N–H and O–H groups in total. The Balaban J connectivity index is 2.03. The van der Waals surface area contributed by atoms with E-state index in [2.05, 4.69) is 41.5 Å². The van der Waals surface area contributed by atoms with Crippen LogP contribution in [0.4, 0.5) is 0 Å². The molecule has 96 valence electrons. The lowest BCUT2D eigenvalue weighted by Crippen LogP contribution is -2.26. The van der Waals surface area contributed by atoms with E-state index in [9.17, 15) is 0 Å². The molecule has 0 amide bonds. The Morgan fingerprint density at radius 3 is 2.94 bits per heavy atom. The van der Waals surface area contributed by atoms with Crippen molar-refractivity contribution in [1.29, 1.82) is 0 Å². The summed E-state index contributed by atoms with van der Waals surface area (Å²) < 4.78 is 5.08. The van der Waals surface area contributed by atoms with Crippen molar-refractivity contribution in [1.82, 2.24) is 10.3 Å². The van der Waals surface area contributed by atoms with Crippen LogP contribution in [0.1, 0.15) is 18.9 Å². The predicted octanol–water partition coefficient (Wildman–Crippen LogP) is 2.75. The van der Waals surface area contributed by atoms with Crippen molar-refractivity contribution in [2.24, 2.45) is 0 Å². The zero-order valence-corrected chi connectivity index (χ0v) is 11.0. The third-order valence-corrected chi connectivity index (χ3v) is 3.11. The molecule has 0 aliphatic heterocycles. The van der Waals surface area contributed by atoms with Gasteiger partial charge in [-0.05, 0) is 25.0 Å². The van der Waals surface area contributed by atoms with Gasteiger partial charge in [0.05, 0.1) is 5.52 Å². The smallest absolute Gasteiger partial charge is 0.0746 e. The second-order valence-electron chi connectivity index (χ2n) is 4.56. The maximum atomic E-state index is 5.08. The van der Waals surface area contributed by atoms with Crippen LogP contribution in [0.2, 0.25) is 0 Å². The summed E-state index contributed by atoms with van der Waals surface area (Å²) in [5, 5.41) is 4.70. The Hall–Kier alpha value is -1.45. The standard InChI is InChI=1S/C15H20N2O/c1-12(8-10-18-2)17-11-14-6-3-5-13-7-4-9-16-15(13)14/h3-7,9,12,17H,8,10-11H2,1-2H3. The highest BCUT2D eigenvalue weighted by Crippen LogP contribution is 2.15. The summed E-state index contributed by atoms with van der Waals surface area (Å²) in [4.78, 5) is 4.46. The van der Waals surface area contributed by atoms with E-state index in [4.69, 9.17) is 4.74 Å². The van der Waals surface area contributed by atoms with Crippen molar-refractivity contribution in [2.45, 2.75) is 25.9 Å². The van der Waals surface area contributed by atoms with E-state index in [1.807, 2.05) is 12.3 Å². The summed E-state index contributed by atoms with van der Waals surface area (Å²) >= 11 is 0. The molecule has 0 aliphatic carbocycles. The molecule has 2 aromatic rings. The van der Waals surface area contributed by atoms with Gasteiger partial charge in [0, 0.05) is 37.9 Å². The molecule has 0 saturated carbocycles. The fraction of sp³-hybridized carbons (Fsp3) is 0.400. The van der Waals surface area contributed by atoms with E-state index in [0.29, 0.717) is 6.04 Å². The number of pyridine rings is 1. The molecule has 1 unspecified atom stereocenters. The van der Waals surface area contributed by atoms with Crippen LogP contribution in [0.5, 0.6) is 0 Å². The SMILES string of the molecule is COCCC(C)NCc1cccc2cccnc12. The third kappa shape index (κ3) is 3.28. The zero-order valence-electron chi connectivity index (χ0n) is 11.0. The lowest BCUT2D eigenvalue weighted by molar-refractivity contribution is 0.184. The van der Waals surface area contributed by atoms with Gasteiger partial charge in [-0.25, -0.2) is 0 Å². The van der Waals surface area contributed by atoms with Crippen molar-refractivity contribution in [3.63, 3.8) is 0 Å². The second kappa shape index (κ2) is 6.47. The van der Waals surface area contributed by atoms with Gasteiger partial charge < -0.3 is 10.1 Å². The maximum absolute atomic E-state index is 5.08. The molecule has 18 heavy (non-hydrogen) atoms. The van der Waals surface area contributed by atoms with Gasteiger partial charge in [0.1, 0.15) is 0 Å². The zero-order chi connectivity index (χ0) is 12.8. The van der Waals surface area contributed by atoms with Gasteiger partial charge in [0.15, 0.2) is 0 Å². The normalized spacial score (nSPS) is 12.8. The van der Waals surface area contributed by atoms with Gasteiger partial charge >= 0.3 is 0 Å². The average molecular weight is 244 g/mol. The fourth-order valence-corrected chi connectivity index (χ4v) is 1.99. The Bertz CT molecular complexity index is 493. The molecular weight excluding hydrogens is 224 g/mol. The molecule has 0 radical (unpaired) electrons. The molecule has 1 aromatic heterocycles. The summed E-state index contributed by atoms with van der Waals surface area (Å²) in [5.74, 6) is 0.